The first kappa shape index (κ1) is 10.7. The Balaban J connectivity index is 1.96. The van der Waals surface area contributed by atoms with Gasteiger partial charge in [0.1, 0.15) is 5.82 Å². The van der Waals surface area contributed by atoms with Gasteiger partial charge in [-0.3, -0.25) is 0 Å². The molecule has 0 radical (unpaired) electrons. The van der Waals surface area contributed by atoms with Crippen LogP contribution in [0.15, 0.2) is 16.7 Å². The van der Waals surface area contributed by atoms with E-state index >= 15 is 0 Å². The number of anilines is 2. The largest absolute Gasteiger partial charge is 0.396 e. The number of nitrogens with one attached hydrogen (secondary N) is 1. The van der Waals surface area contributed by atoms with Crippen LogP contribution in [0.25, 0.3) is 0 Å². The van der Waals surface area contributed by atoms with Gasteiger partial charge >= 0.3 is 0 Å². The highest BCUT2D eigenvalue weighted by atomic mass is 79.9. The van der Waals surface area contributed by atoms with E-state index in [9.17, 15) is 0 Å². The minimum absolute atomic E-state index is 0.452. The Labute approximate surface area is 98.6 Å². The van der Waals surface area contributed by atoms with Crippen molar-refractivity contribution in [2.24, 2.45) is 5.92 Å². The first-order valence-corrected chi connectivity index (χ1v) is 6.12. The third-order valence-electron chi connectivity index (χ3n) is 2.65. The van der Waals surface area contributed by atoms with E-state index in [1.165, 1.54) is 19.3 Å². The zero-order chi connectivity index (χ0) is 10.8. The molecule has 1 saturated carbocycles. The summed E-state index contributed by atoms with van der Waals surface area (Å²) in [5.41, 5.74) is 6.56. The highest BCUT2D eigenvalue weighted by molar-refractivity contribution is 9.10. The van der Waals surface area contributed by atoms with Crippen molar-refractivity contribution >= 4 is 27.4 Å². The Morgan fingerprint density at radius 2 is 2.40 bits per heavy atom. The predicted molar refractivity (Wildman–Crippen MR) is 66.8 cm³/mol. The fourth-order valence-electron chi connectivity index (χ4n) is 1.72. The Morgan fingerprint density at radius 1 is 1.67 bits per heavy atom. The number of hydrogen-bond donors (Lipinski definition) is 2. The van der Waals surface area contributed by atoms with Crippen molar-refractivity contribution in [3.05, 3.63) is 16.7 Å². The van der Waals surface area contributed by atoms with E-state index in [1.807, 2.05) is 6.07 Å². The van der Waals surface area contributed by atoms with Gasteiger partial charge in [0.05, 0.1) is 5.69 Å². The second-order valence-electron chi connectivity index (χ2n) is 4.32. The summed E-state index contributed by atoms with van der Waals surface area (Å²) < 4.78 is 0.917. The highest BCUT2D eigenvalue weighted by Crippen LogP contribution is 2.34. The number of nitrogens with two attached hydrogens (primary N) is 1. The van der Waals surface area contributed by atoms with Gasteiger partial charge in [-0.1, -0.05) is 12.8 Å². The van der Waals surface area contributed by atoms with E-state index in [0.29, 0.717) is 11.7 Å². The van der Waals surface area contributed by atoms with E-state index in [-0.39, 0.29) is 0 Å². The van der Waals surface area contributed by atoms with Crippen molar-refractivity contribution in [3.8, 4) is 0 Å². The van der Waals surface area contributed by atoms with Crippen molar-refractivity contribution in [2.75, 3.05) is 11.1 Å². The molecule has 1 aromatic rings. The van der Waals surface area contributed by atoms with Gasteiger partial charge in [0.2, 0.25) is 0 Å². The van der Waals surface area contributed by atoms with Gasteiger partial charge in [-0.2, -0.15) is 0 Å². The SMILES string of the molecule is CC(CC1CC1)Nc1ncc(Br)cc1N. The lowest BCUT2D eigenvalue weighted by atomic mass is 10.1. The second kappa shape index (κ2) is 4.39. The quantitative estimate of drug-likeness (QED) is 0.884. The monoisotopic (exact) mass is 269 g/mol. The van der Waals surface area contributed by atoms with E-state index in [4.69, 9.17) is 5.73 Å². The molecule has 0 aliphatic heterocycles. The Morgan fingerprint density at radius 3 is 3.00 bits per heavy atom. The molecule has 1 aliphatic rings. The van der Waals surface area contributed by atoms with Gasteiger partial charge in [-0.05, 0) is 41.3 Å². The average Bonchev–Trinajstić information content (AvgIpc) is 2.94. The number of halogens is 1. The van der Waals surface area contributed by atoms with E-state index in [2.05, 4.69) is 33.2 Å². The molecule has 1 aliphatic carbocycles. The molecule has 1 atom stereocenters. The molecule has 0 amide bonds. The summed E-state index contributed by atoms with van der Waals surface area (Å²) in [6.45, 7) is 2.18. The number of pyridine rings is 1. The maximum absolute atomic E-state index is 5.86. The molecule has 82 valence electrons. The molecule has 1 fully saturated rings. The van der Waals surface area contributed by atoms with Gasteiger partial charge in [0.15, 0.2) is 0 Å². The molecule has 3 N–H and O–H groups in total. The summed E-state index contributed by atoms with van der Waals surface area (Å²) in [6, 6.07) is 2.33. The summed E-state index contributed by atoms with van der Waals surface area (Å²) in [7, 11) is 0. The van der Waals surface area contributed by atoms with Crippen molar-refractivity contribution in [3.63, 3.8) is 0 Å². The first-order valence-electron chi connectivity index (χ1n) is 5.32. The first-order chi connectivity index (χ1) is 7.15. The maximum atomic E-state index is 5.86. The molecule has 1 unspecified atom stereocenters. The van der Waals surface area contributed by atoms with Crippen LogP contribution in [0.4, 0.5) is 11.5 Å². The molecule has 1 aromatic heterocycles. The molecular weight excluding hydrogens is 254 g/mol. The Hall–Kier alpha value is -0.770. The Bertz CT molecular complexity index is 350. The van der Waals surface area contributed by atoms with Crippen LogP contribution in [-0.2, 0) is 0 Å². The predicted octanol–water partition coefficient (Wildman–Crippen LogP) is 3.03. The van der Waals surface area contributed by atoms with Gasteiger partial charge < -0.3 is 11.1 Å². The van der Waals surface area contributed by atoms with E-state index in [0.717, 1.165) is 16.2 Å². The fourth-order valence-corrected chi connectivity index (χ4v) is 2.07. The van der Waals surface area contributed by atoms with Crippen LogP contribution in [0.3, 0.4) is 0 Å². The van der Waals surface area contributed by atoms with Gasteiger partial charge in [-0.15, -0.1) is 0 Å². The van der Waals surface area contributed by atoms with Crippen LogP contribution in [0.2, 0.25) is 0 Å². The molecule has 3 nitrogen and oxygen atoms in total. The molecule has 0 bridgehead atoms. The summed E-state index contributed by atoms with van der Waals surface area (Å²) >= 11 is 3.34. The topological polar surface area (TPSA) is 50.9 Å². The second-order valence-corrected chi connectivity index (χ2v) is 5.23. The smallest absolute Gasteiger partial charge is 0.149 e. The summed E-state index contributed by atoms with van der Waals surface area (Å²) in [5.74, 6) is 1.72. The van der Waals surface area contributed by atoms with Crippen molar-refractivity contribution in [1.82, 2.24) is 4.98 Å². The Kier molecular flexibility index (Phi) is 3.14. The molecule has 2 rings (SSSR count). The molecule has 1 heterocycles. The molecule has 4 heteroatoms. The lowest BCUT2D eigenvalue weighted by molar-refractivity contribution is 0.640. The van der Waals surface area contributed by atoms with Crippen molar-refractivity contribution < 1.29 is 0 Å². The third kappa shape index (κ3) is 3.09. The van der Waals surface area contributed by atoms with Crippen LogP contribution in [0, 0.1) is 5.92 Å². The summed E-state index contributed by atoms with van der Waals surface area (Å²) in [4.78, 5) is 4.26. The standard InChI is InChI=1S/C11H16BrN3/c1-7(4-8-2-3-8)15-11-10(13)5-9(12)6-14-11/h5-8H,2-4,13H2,1H3,(H,14,15). The number of hydrogen-bond acceptors (Lipinski definition) is 3. The van der Waals surface area contributed by atoms with Crippen LogP contribution >= 0.6 is 15.9 Å². The number of aromatic nitrogens is 1. The zero-order valence-corrected chi connectivity index (χ0v) is 10.4. The number of nitrogens with zero attached hydrogens (tertiary/aromatic N) is 1. The maximum Gasteiger partial charge on any atom is 0.149 e. The molecule has 15 heavy (non-hydrogen) atoms. The average molecular weight is 270 g/mol. The van der Waals surface area contributed by atoms with Crippen LogP contribution in [-0.4, -0.2) is 11.0 Å². The van der Waals surface area contributed by atoms with Crippen molar-refractivity contribution in [1.29, 1.82) is 0 Å². The highest BCUT2D eigenvalue weighted by Gasteiger charge is 2.23. The molecule has 0 spiro atoms. The number of nitrogen functional groups attached to an aromatic ring is 1. The lowest BCUT2D eigenvalue weighted by Crippen LogP contribution is -2.17. The van der Waals surface area contributed by atoms with Crippen LogP contribution in [0.5, 0.6) is 0 Å². The van der Waals surface area contributed by atoms with E-state index in [1.54, 1.807) is 6.20 Å². The van der Waals surface area contributed by atoms with Crippen molar-refractivity contribution in [2.45, 2.75) is 32.2 Å². The zero-order valence-electron chi connectivity index (χ0n) is 8.83. The van der Waals surface area contributed by atoms with Crippen LogP contribution < -0.4 is 11.1 Å². The lowest BCUT2D eigenvalue weighted by Gasteiger charge is -2.15. The van der Waals surface area contributed by atoms with Gasteiger partial charge in [-0.25, -0.2) is 4.98 Å². The molecule has 0 saturated heterocycles. The minimum Gasteiger partial charge on any atom is -0.396 e. The summed E-state index contributed by atoms with van der Waals surface area (Å²) in [6.07, 6.45) is 5.75. The van der Waals surface area contributed by atoms with Crippen LogP contribution in [0.1, 0.15) is 26.2 Å². The van der Waals surface area contributed by atoms with Gasteiger partial charge in [0.25, 0.3) is 0 Å². The third-order valence-corrected chi connectivity index (χ3v) is 3.08. The minimum atomic E-state index is 0.452. The number of rotatable bonds is 4. The normalized spacial score (nSPS) is 17.5. The summed E-state index contributed by atoms with van der Waals surface area (Å²) in [5, 5.41) is 3.35. The van der Waals surface area contributed by atoms with Gasteiger partial charge in [0, 0.05) is 16.7 Å². The fraction of sp³-hybridized carbons (Fsp3) is 0.545. The molecule has 0 aromatic carbocycles. The van der Waals surface area contributed by atoms with E-state index < -0.39 is 0 Å². The molecular formula is C11H16BrN3.